The van der Waals surface area contributed by atoms with Gasteiger partial charge in [0.05, 0.1) is 5.02 Å². The van der Waals surface area contributed by atoms with Gasteiger partial charge in [0.1, 0.15) is 10.1 Å². The van der Waals surface area contributed by atoms with E-state index in [1.165, 1.54) is 11.8 Å². The van der Waals surface area contributed by atoms with E-state index in [2.05, 4.69) is 15.0 Å². The van der Waals surface area contributed by atoms with Crippen LogP contribution in [0, 0.1) is 0 Å². The van der Waals surface area contributed by atoms with Crippen LogP contribution in [0.2, 0.25) is 10.3 Å². The van der Waals surface area contributed by atoms with E-state index in [1.807, 2.05) is 6.07 Å². The molecule has 0 spiro atoms. The molecule has 0 amide bonds. The lowest BCUT2D eigenvalue weighted by Gasteiger charge is -1.99. The van der Waals surface area contributed by atoms with Gasteiger partial charge in [0.15, 0.2) is 0 Å². The van der Waals surface area contributed by atoms with Gasteiger partial charge in [-0.15, -0.1) is 0 Å². The van der Waals surface area contributed by atoms with Gasteiger partial charge in [-0.1, -0.05) is 11.6 Å². The van der Waals surface area contributed by atoms with E-state index in [0.717, 1.165) is 10.1 Å². The summed E-state index contributed by atoms with van der Waals surface area (Å²) < 4.78 is 0. The van der Waals surface area contributed by atoms with Crippen LogP contribution in [-0.4, -0.2) is 15.0 Å². The summed E-state index contributed by atoms with van der Waals surface area (Å²) in [5.41, 5.74) is 0. The van der Waals surface area contributed by atoms with Gasteiger partial charge < -0.3 is 0 Å². The van der Waals surface area contributed by atoms with Gasteiger partial charge in [0.25, 0.3) is 0 Å². The number of nitrogens with zero attached hydrogens (tertiary/aromatic N) is 3. The van der Waals surface area contributed by atoms with Crippen LogP contribution in [0.15, 0.2) is 40.6 Å². The molecule has 0 radical (unpaired) electrons. The van der Waals surface area contributed by atoms with E-state index >= 15 is 0 Å². The summed E-state index contributed by atoms with van der Waals surface area (Å²) in [6.45, 7) is 0. The molecule has 0 aliphatic rings. The molecule has 15 heavy (non-hydrogen) atoms. The molecule has 0 bridgehead atoms. The Kier molecular flexibility index (Phi) is 3.41. The Morgan fingerprint density at radius 3 is 2.53 bits per heavy atom. The first-order valence-corrected chi connectivity index (χ1v) is 5.59. The van der Waals surface area contributed by atoms with Crippen LogP contribution < -0.4 is 0 Å². The molecule has 2 aromatic rings. The number of rotatable bonds is 2. The molecule has 0 unspecified atom stereocenters. The zero-order valence-electron chi connectivity index (χ0n) is 7.39. The molecule has 0 atom stereocenters. The average molecular weight is 258 g/mol. The quantitative estimate of drug-likeness (QED) is 0.611. The number of hydrogen-bond donors (Lipinski definition) is 0. The molecule has 0 N–H and O–H groups in total. The third kappa shape index (κ3) is 3.06. The van der Waals surface area contributed by atoms with Crippen molar-refractivity contribution >= 4 is 35.0 Å². The summed E-state index contributed by atoms with van der Waals surface area (Å²) in [5, 5.41) is 2.41. The fourth-order valence-corrected chi connectivity index (χ4v) is 1.93. The highest BCUT2D eigenvalue weighted by molar-refractivity contribution is 7.99. The van der Waals surface area contributed by atoms with Crippen molar-refractivity contribution < 1.29 is 0 Å². The third-order valence-corrected chi connectivity index (χ3v) is 2.80. The van der Waals surface area contributed by atoms with Gasteiger partial charge in [-0.25, -0.2) is 15.0 Å². The second-order valence-corrected chi connectivity index (χ2v) is 4.40. The van der Waals surface area contributed by atoms with Crippen molar-refractivity contribution in [1.29, 1.82) is 0 Å². The molecule has 0 saturated carbocycles. The molecule has 2 heterocycles. The molecule has 2 rings (SSSR count). The highest BCUT2D eigenvalue weighted by Gasteiger charge is 2.01. The maximum atomic E-state index is 5.72. The van der Waals surface area contributed by atoms with Gasteiger partial charge in [0, 0.05) is 12.4 Å². The maximum absolute atomic E-state index is 5.72. The smallest absolute Gasteiger partial charge is 0.223 e. The molecule has 2 aromatic heterocycles. The van der Waals surface area contributed by atoms with Crippen molar-refractivity contribution in [1.82, 2.24) is 15.0 Å². The predicted octanol–water partition coefficient (Wildman–Crippen LogP) is 3.33. The normalized spacial score (nSPS) is 10.3. The van der Waals surface area contributed by atoms with E-state index in [1.54, 1.807) is 24.5 Å². The summed E-state index contributed by atoms with van der Waals surface area (Å²) in [6, 6.07) is 5.37. The first kappa shape index (κ1) is 10.7. The molecule has 0 aromatic carbocycles. The maximum Gasteiger partial charge on any atom is 0.223 e. The molecule has 0 aliphatic carbocycles. The second kappa shape index (κ2) is 4.79. The van der Waals surface area contributed by atoms with Gasteiger partial charge in [-0.2, -0.15) is 0 Å². The Morgan fingerprint density at radius 1 is 1.00 bits per heavy atom. The van der Waals surface area contributed by atoms with Crippen molar-refractivity contribution in [3.05, 3.63) is 40.9 Å². The third-order valence-electron chi connectivity index (χ3n) is 1.51. The predicted molar refractivity (Wildman–Crippen MR) is 60.4 cm³/mol. The van der Waals surface area contributed by atoms with E-state index < -0.39 is 0 Å². The van der Waals surface area contributed by atoms with Crippen molar-refractivity contribution in [2.45, 2.75) is 10.1 Å². The molecule has 76 valence electrons. The first-order chi connectivity index (χ1) is 7.24. The minimum absolute atomic E-state index is 0.231. The molecule has 6 heteroatoms. The van der Waals surface area contributed by atoms with Gasteiger partial charge >= 0.3 is 0 Å². The summed E-state index contributed by atoms with van der Waals surface area (Å²) in [4.78, 5) is 12.0. The van der Waals surface area contributed by atoms with Crippen LogP contribution in [0.25, 0.3) is 0 Å². The van der Waals surface area contributed by atoms with E-state index in [4.69, 9.17) is 23.2 Å². The minimum atomic E-state index is 0.231. The van der Waals surface area contributed by atoms with Gasteiger partial charge in [0.2, 0.25) is 5.28 Å². The Labute approximate surface area is 101 Å². The van der Waals surface area contributed by atoms with E-state index in [9.17, 15) is 0 Å². The molecule has 0 saturated heterocycles. The Balaban J connectivity index is 2.18. The van der Waals surface area contributed by atoms with Crippen molar-refractivity contribution in [3.8, 4) is 0 Å². The van der Waals surface area contributed by atoms with Crippen LogP contribution in [0.4, 0.5) is 0 Å². The number of aromatic nitrogens is 3. The van der Waals surface area contributed by atoms with Crippen LogP contribution in [0.1, 0.15) is 0 Å². The minimum Gasteiger partial charge on any atom is -0.248 e. The van der Waals surface area contributed by atoms with Crippen LogP contribution in [0.3, 0.4) is 0 Å². The van der Waals surface area contributed by atoms with Gasteiger partial charge in [-0.05, 0) is 41.6 Å². The lowest BCUT2D eigenvalue weighted by molar-refractivity contribution is 1.04. The summed E-state index contributed by atoms with van der Waals surface area (Å²) in [7, 11) is 0. The van der Waals surface area contributed by atoms with Crippen LogP contribution in [0.5, 0.6) is 0 Å². The highest BCUT2D eigenvalue weighted by Crippen LogP contribution is 2.24. The SMILES string of the molecule is Clc1ccc(Sc2ccnc(Cl)n2)nc1. The van der Waals surface area contributed by atoms with Crippen molar-refractivity contribution in [2.24, 2.45) is 0 Å². The Bertz CT molecular complexity index is 461. The Morgan fingerprint density at radius 2 is 1.87 bits per heavy atom. The topological polar surface area (TPSA) is 38.7 Å². The molecule has 0 aliphatic heterocycles. The molecule has 3 nitrogen and oxygen atoms in total. The zero-order valence-corrected chi connectivity index (χ0v) is 9.72. The lowest BCUT2D eigenvalue weighted by atomic mass is 10.5. The van der Waals surface area contributed by atoms with Crippen molar-refractivity contribution in [2.75, 3.05) is 0 Å². The van der Waals surface area contributed by atoms with Crippen molar-refractivity contribution in [3.63, 3.8) is 0 Å². The largest absolute Gasteiger partial charge is 0.248 e. The molecule has 0 fully saturated rings. The second-order valence-electron chi connectivity index (χ2n) is 2.58. The standard InChI is InChI=1S/C9H5Cl2N3S/c10-6-1-2-7(13-5-6)15-8-3-4-12-9(11)14-8/h1-5H. The first-order valence-electron chi connectivity index (χ1n) is 4.02. The zero-order chi connectivity index (χ0) is 10.7. The van der Waals surface area contributed by atoms with Crippen LogP contribution in [-0.2, 0) is 0 Å². The van der Waals surface area contributed by atoms with E-state index in [-0.39, 0.29) is 5.28 Å². The lowest BCUT2D eigenvalue weighted by Crippen LogP contribution is -1.85. The monoisotopic (exact) mass is 257 g/mol. The number of halogens is 2. The molecular weight excluding hydrogens is 253 g/mol. The number of hydrogen-bond acceptors (Lipinski definition) is 4. The van der Waals surface area contributed by atoms with Crippen LogP contribution >= 0.6 is 35.0 Å². The molecular formula is C9H5Cl2N3S. The highest BCUT2D eigenvalue weighted by atomic mass is 35.5. The fraction of sp³-hybridized carbons (Fsp3) is 0. The van der Waals surface area contributed by atoms with Gasteiger partial charge in [-0.3, -0.25) is 0 Å². The average Bonchev–Trinajstić information content (AvgIpc) is 2.22. The fourth-order valence-electron chi connectivity index (χ4n) is 0.906. The van der Waals surface area contributed by atoms with E-state index in [0.29, 0.717) is 5.02 Å². The summed E-state index contributed by atoms with van der Waals surface area (Å²) in [5.74, 6) is 0. The Hall–Kier alpha value is -0.840. The summed E-state index contributed by atoms with van der Waals surface area (Å²) in [6.07, 6.45) is 3.19. The summed E-state index contributed by atoms with van der Waals surface area (Å²) >= 11 is 12.8. The number of pyridine rings is 1.